The van der Waals surface area contributed by atoms with Gasteiger partial charge in [0.15, 0.2) is 0 Å². The molecule has 0 bridgehead atoms. The number of hydrogen-bond donors (Lipinski definition) is 0. The Bertz CT molecular complexity index is 516. The zero-order chi connectivity index (χ0) is 9.71. The van der Waals surface area contributed by atoms with Crippen LogP contribution in [0.1, 0.15) is 11.3 Å². The topological polar surface area (TPSA) is 30.7 Å². The molecular weight excluding hydrogens is 242 g/mol. The Morgan fingerprint density at radius 3 is 3.21 bits per heavy atom. The molecule has 2 aromatic heterocycles. The molecule has 1 aliphatic rings. The maximum atomic E-state index is 4.43. The van der Waals surface area contributed by atoms with Crippen molar-refractivity contribution in [1.82, 2.24) is 14.8 Å². The van der Waals surface area contributed by atoms with Gasteiger partial charge in [0.25, 0.3) is 0 Å². The Balaban J connectivity index is 2.28. The highest BCUT2D eigenvalue weighted by atomic mass is 79.9. The van der Waals surface area contributed by atoms with E-state index in [-0.39, 0.29) is 0 Å². The van der Waals surface area contributed by atoms with Crippen molar-refractivity contribution in [2.45, 2.75) is 6.42 Å². The first-order valence-corrected chi connectivity index (χ1v) is 5.20. The SMILES string of the molecule is Cn1cc2c(n1)-c1cc(Br)cnc1C2. The summed E-state index contributed by atoms with van der Waals surface area (Å²) in [4.78, 5) is 4.38. The first-order valence-electron chi connectivity index (χ1n) is 4.41. The van der Waals surface area contributed by atoms with Crippen molar-refractivity contribution in [2.24, 2.45) is 7.05 Å². The van der Waals surface area contributed by atoms with E-state index in [0.29, 0.717) is 0 Å². The Morgan fingerprint density at radius 1 is 1.50 bits per heavy atom. The third kappa shape index (κ3) is 1.04. The van der Waals surface area contributed by atoms with E-state index in [4.69, 9.17) is 0 Å². The summed E-state index contributed by atoms with van der Waals surface area (Å²) in [5.74, 6) is 0. The van der Waals surface area contributed by atoms with Gasteiger partial charge in [-0.25, -0.2) is 0 Å². The second kappa shape index (κ2) is 2.67. The molecule has 0 spiro atoms. The molecule has 4 heteroatoms. The quantitative estimate of drug-likeness (QED) is 0.612. The van der Waals surface area contributed by atoms with E-state index in [2.05, 4.69) is 38.3 Å². The Kier molecular flexibility index (Phi) is 1.56. The van der Waals surface area contributed by atoms with E-state index in [9.17, 15) is 0 Å². The van der Waals surface area contributed by atoms with Gasteiger partial charge in [-0.05, 0) is 22.0 Å². The molecule has 0 fully saturated rings. The largest absolute Gasteiger partial charge is 0.275 e. The number of aromatic nitrogens is 3. The van der Waals surface area contributed by atoms with E-state index >= 15 is 0 Å². The van der Waals surface area contributed by atoms with Gasteiger partial charge >= 0.3 is 0 Å². The summed E-state index contributed by atoms with van der Waals surface area (Å²) in [5.41, 5.74) is 4.64. The highest BCUT2D eigenvalue weighted by Gasteiger charge is 2.22. The van der Waals surface area contributed by atoms with Crippen molar-refractivity contribution in [3.8, 4) is 11.3 Å². The minimum absolute atomic E-state index is 0.909. The summed E-state index contributed by atoms with van der Waals surface area (Å²) in [6, 6.07) is 2.08. The molecule has 0 saturated carbocycles. The Labute approximate surface area is 89.9 Å². The van der Waals surface area contributed by atoms with Crippen molar-refractivity contribution in [3.63, 3.8) is 0 Å². The molecule has 0 amide bonds. The molecule has 14 heavy (non-hydrogen) atoms. The predicted molar refractivity (Wildman–Crippen MR) is 56.9 cm³/mol. The molecule has 0 radical (unpaired) electrons. The number of fused-ring (bicyclic) bond motifs is 3. The molecule has 1 aliphatic carbocycles. The number of hydrogen-bond acceptors (Lipinski definition) is 2. The molecule has 0 aliphatic heterocycles. The average Bonchev–Trinajstić information content (AvgIpc) is 2.62. The van der Waals surface area contributed by atoms with E-state index in [1.165, 1.54) is 5.56 Å². The van der Waals surface area contributed by atoms with Gasteiger partial charge in [0.05, 0.1) is 11.4 Å². The van der Waals surface area contributed by atoms with E-state index in [0.717, 1.165) is 27.8 Å². The molecular formula is C10H8BrN3. The zero-order valence-corrected chi connectivity index (χ0v) is 9.24. The van der Waals surface area contributed by atoms with Crippen LogP contribution in [0.3, 0.4) is 0 Å². The van der Waals surface area contributed by atoms with Gasteiger partial charge < -0.3 is 0 Å². The van der Waals surface area contributed by atoms with Crippen LogP contribution >= 0.6 is 15.9 Å². The molecule has 2 heterocycles. The van der Waals surface area contributed by atoms with Crippen LogP contribution < -0.4 is 0 Å². The lowest BCUT2D eigenvalue weighted by Crippen LogP contribution is -1.92. The molecule has 3 nitrogen and oxygen atoms in total. The van der Waals surface area contributed by atoms with E-state index < -0.39 is 0 Å². The van der Waals surface area contributed by atoms with Crippen molar-refractivity contribution in [2.75, 3.05) is 0 Å². The predicted octanol–water partition coefficient (Wildman–Crippen LogP) is 2.15. The van der Waals surface area contributed by atoms with Crippen LogP contribution in [0.5, 0.6) is 0 Å². The number of aryl methyl sites for hydroxylation is 1. The summed E-state index contributed by atoms with van der Waals surface area (Å²) in [6.07, 6.45) is 4.81. The van der Waals surface area contributed by atoms with Crippen molar-refractivity contribution < 1.29 is 0 Å². The van der Waals surface area contributed by atoms with Gasteiger partial charge in [-0.3, -0.25) is 9.67 Å². The average molecular weight is 250 g/mol. The van der Waals surface area contributed by atoms with Crippen LogP contribution in [0, 0.1) is 0 Å². The second-order valence-electron chi connectivity index (χ2n) is 3.50. The summed E-state index contributed by atoms with van der Waals surface area (Å²) in [7, 11) is 1.95. The molecule has 0 saturated heterocycles. The summed E-state index contributed by atoms with van der Waals surface area (Å²) >= 11 is 3.43. The number of pyridine rings is 1. The lowest BCUT2D eigenvalue weighted by molar-refractivity contribution is 0.768. The Morgan fingerprint density at radius 2 is 2.36 bits per heavy atom. The lowest BCUT2D eigenvalue weighted by atomic mass is 10.2. The minimum atomic E-state index is 0.909. The fourth-order valence-electron chi connectivity index (χ4n) is 1.89. The van der Waals surface area contributed by atoms with E-state index in [1.807, 2.05) is 17.9 Å². The summed E-state index contributed by atoms with van der Waals surface area (Å²) < 4.78 is 2.86. The van der Waals surface area contributed by atoms with E-state index in [1.54, 1.807) is 0 Å². The minimum Gasteiger partial charge on any atom is -0.275 e. The monoisotopic (exact) mass is 249 g/mol. The maximum absolute atomic E-state index is 4.43. The van der Waals surface area contributed by atoms with Crippen LogP contribution in [0.4, 0.5) is 0 Å². The van der Waals surface area contributed by atoms with Crippen LogP contribution in [-0.2, 0) is 13.5 Å². The molecule has 3 rings (SSSR count). The summed E-state index contributed by atoms with van der Waals surface area (Å²) in [5, 5.41) is 4.43. The highest BCUT2D eigenvalue weighted by molar-refractivity contribution is 9.10. The van der Waals surface area contributed by atoms with Gasteiger partial charge in [0, 0.05) is 41.5 Å². The van der Waals surface area contributed by atoms with Crippen LogP contribution in [0.2, 0.25) is 0 Å². The maximum Gasteiger partial charge on any atom is 0.0977 e. The number of rotatable bonds is 0. The van der Waals surface area contributed by atoms with Crippen molar-refractivity contribution in [1.29, 1.82) is 0 Å². The smallest absolute Gasteiger partial charge is 0.0977 e. The molecule has 2 aromatic rings. The number of halogens is 1. The molecule has 0 atom stereocenters. The zero-order valence-electron chi connectivity index (χ0n) is 7.66. The third-order valence-corrected chi connectivity index (χ3v) is 2.89. The number of nitrogens with zero attached hydrogens (tertiary/aromatic N) is 3. The normalized spacial score (nSPS) is 12.7. The molecule has 0 unspecified atom stereocenters. The second-order valence-corrected chi connectivity index (χ2v) is 4.42. The fourth-order valence-corrected chi connectivity index (χ4v) is 2.22. The first kappa shape index (κ1) is 8.17. The molecule has 70 valence electrons. The van der Waals surface area contributed by atoms with Crippen LogP contribution in [-0.4, -0.2) is 14.8 Å². The van der Waals surface area contributed by atoms with Gasteiger partial charge in [0.1, 0.15) is 0 Å². The highest BCUT2D eigenvalue weighted by Crippen LogP contribution is 2.35. The van der Waals surface area contributed by atoms with Gasteiger partial charge in [-0.1, -0.05) is 0 Å². The fraction of sp³-hybridized carbons (Fsp3) is 0.200. The van der Waals surface area contributed by atoms with Gasteiger partial charge in [-0.15, -0.1) is 0 Å². The Hall–Kier alpha value is -1.16. The standard InChI is InChI=1S/C10H8BrN3/c1-14-5-6-2-9-8(10(6)13-14)3-7(11)4-12-9/h3-5H,2H2,1H3. The van der Waals surface area contributed by atoms with Crippen LogP contribution in [0.25, 0.3) is 11.3 Å². The van der Waals surface area contributed by atoms with Crippen LogP contribution in [0.15, 0.2) is 22.9 Å². The summed E-state index contributed by atoms with van der Waals surface area (Å²) in [6.45, 7) is 0. The first-order chi connectivity index (χ1) is 6.74. The third-order valence-electron chi connectivity index (χ3n) is 2.45. The van der Waals surface area contributed by atoms with Crippen molar-refractivity contribution in [3.05, 3.63) is 34.2 Å². The van der Waals surface area contributed by atoms with Gasteiger partial charge in [0.2, 0.25) is 0 Å². The van der Waals surface area contributed by atoms with Gasteiger partial charge in [-0.2, -0.15) is 5.10 Å². The molecule has 0 N–H and O–H groups in total. The molecule has 0 aromatic carbocycles. The van der Waals surface area contributed by atoms with Crippen molar-refractivity contribution >= 4 is 15.9 Å². The lowest BCUT2D eigenvalue weighted by Gasteiger charge is -1.98.